The first kappa shape index (κ1) is 15.1. The summed E-state index contributed by atoms with van der Waals surface area (Å²) in [5, 5.41) is 0. The second-order valence-corrected chi connectivity index (χ2v) is 4.83. The second kappa shape index (κ2) is 7.48. The average Bonchev–Trinajstić information content (AvgIpc) is 2.51. The highest BCUT2D eigenvalue weighted by atomic mass is 16.6. The summed E-state index contributed by atoms with van der Waals surface area (Å²) in [6, 6.07) is 17.3. The predicted molar refractivity (Wildman–Crippen MR) is 85.7 cm³/mol. The van der Waals surface area contributed by atoms with Crippen molar-refractivity contribution in [2.75, 3.05) is 11.5 Å². The molecule has 0 aliphatic carbocycles. The Morgan fingerprint density at radius 2 is 1.67 bits per heavy atom. The molecule has 0 heterocycles. The van der Waals surface area contributed by atoms with Gasteiger partial charge in [0.2, 0.25) is 0 Å². The smallest absolute Gasteiger partial charge is 0.418 e. The molecule has 0 unspecified atom stereocenters. The highest BCUT2D eigenvalue weighted by molar-refractivity contribution is 5.95. The molecule has 21 heavy (non-hydrogen) atoms. The Kier molecular flexibility index (Phi) is 5.38. The molecule has 0 atom stereocenters. The molecule has 0 aliphatic rings. The Hall–Kier alpha value is -2.29. The van der Waals surface area contributed by atoms with E-state index in [1.165, 1.54) is 0 Å². The Bertz CT molecular complexity index is 564. The SMILES string of the molecule is [CH2]CCCOC(=O)N(c1ccccc1)c1ccc(C)cc1. The number of hydrogen-bond donors (Lipinski definition) is 0. The number of ether oxygens (including phenoxy) is 1. The minimum absolute atomic E-state index is 0.362. The summed E-state index contributed by atoms with van der Waals surface area (Å²) >= 11 is 0. The molecule has 2 aromatic carbocycles. The van der Waals surface area contributed by atoms with Crippen LogP contribution in [0.25, 0.3) is 0 Å². The zero-order chi connectivity index (χ0) is 15.1. The molecule has 3 heteroatoms. The van der Waals surface area contributed by atoms with Gasteiger partial charge >= 0.3 is 6.09 Å². The molecule has 0 N–H and O–H groups in total. The molecule has 2 rings (SSSR count). The number of rotatable bonds is 5. The maximum absolute atomic E-state index is 12.4. The van der Waals surface area contributed by atoms with E-state index in [0.717, 1.165) is 29.8 Å². The average molecular weight is 282 g/mol. The first-order valence-corrected chi connectivity index (χ1v) is 7.10. The zero-order valence-corrected chi connectivity index (χ0v) is 12.3. The van der Waals surface area contributed by atoms with E-state index in [-0.39, 0.29) is 6.09 Å². The number of anilines is 2. The standard InChI is InChI=1S/C18H20NO2/c1-3-4-14-21-18(20)19(16-8-6-5-7-9-16)17-12-10-15(2)11-13-17/h5-13H,1,3-4,14H2,2H3. The lowest BCUT2D eigenvalue weighted by Crippen LogP contribution is -2.27. The summed E-state index contributed by atoms with van der Waals surface area (Å²) in [4.78, 5) is 14.0. The van der Waals surface area contributed by atoms with Gasteiger partial charge in [0, 0.05) is 0 Å². The van der Waals surface area contributed by atoms with Crippen molar-refractivity contribution >= 4 is 17.5 Å². The van der Waals surface area contributed by atoms with E-state index in [2.05, 4.69) is 6.92 Å². The molecule has 0 saturated carbocycles. The lowest BCUT2D eigenvalue weighted by molar-refractivity contribution is 0.155. The van der Waals surface area contributed by atoms with Crippen molar-refractivity contribution in [3.8, 4) is 0 Å². The Labute approximate surface area is 126 Å². The molecule has 0 aliphatic heterocycles. The van der Waals surface area contributed by atoms with Crippen LogP contribution in [-0.4, -0.2) is 12.7 Å². The van der Waals surface area contributed by atoms with Crippen molar-refractivity contribution in [2.24, 2.45) is 0 Å². The Morgan fingerprint density at radius 3 is 2.29 bits per heavy atom. The van der Waals surface area contributed by atoms with Gasteiger partial charge in [-0.25, -0.2) is 9.69 Å². The summed E-state index contributed by atoms with van der Waals surface area (Å²) in [7, 11) is 0. The van der Waals surface area contributed by atoms with Gasteiger partial charge in [0.05, 0.1) is 18.0 Å². The maximum Gasteiger partial charge on any atom is 0.418 e. The fraction of sp³-hybridized carbons (Fsp3) is 0.222. The Balaban J connectivity index is 2.26. The zero-order valence-electron chi connectivity index (χ0n) is 12.3. The van der Waals surface area contributed by atoms with Crippen molar-refractivity contribution < 1.29 is 9.53 Å². The highest BCUT2D eigenvalue weighted by Gasteiger charge is 2.18. The number of nitrogens with zero attached hydrogens (tertiary/aromatic N) is 1. The van der Waals surface area contributed by atoms with E-state index in [0.29, 0.717) is 6.61 Å². The van der Waals surface area contributed by atoms with Crippen LogP contribution >= 0.6 is 0 Å². The molecule has 109 valence electrons. The van der Waals surface area contributed by atoms with Gasteiger partial charge < -0.3 is 4.74 Å². The van der Waals surface area contributed by atoms with E-state index in [4.69, 9.17) is 4.74 Å². The third-order valence-corrected chi connectivity index (χ3v) is 3.11. The highest BCUT2D eigenvalue weighted by Crippen LogP contribution is 2.26. The van der Waals surface area contributed by atoms with Gasteiger partial charge in [0.1, 0.15) is 0 Å². The minimum Gasteiger partial charge on any atom is -0.449 e. The van der Waals surface area contributed by atoms with Crippen molar-refractivity contribution in [2.45, 2.75) is 19.8 Å². The van der Waals surface area contributed by atoms with E-state index in [9.17, 15) is 4.79 Å². The number of para-hydroxylation sites is 1. The van der Waals surface area contributed by atoms with Crippen LogP contribution in [0, 0.1) is 13.8 Å². The molecule has 1 radical (unpaired) electrons. The summed E-state index contributed by atoms with van der Waals surface area (Å²) in [6.45, 7) is 6.15. The van der Waals surface area contributed by atoms with Gasteiger partial charge in [-0.05, 0) is 37.6 Å². The van der Waals surface area contributed by atoms with Crippen molar-refractivity contribution in [1.82, 2.24) is 0 Å². The van der Waals surface area contributed by atoms with Crippen molar-refractivity contribution in [3.63, 3.8) is 0 Å². The molecule has 2 aromatic rings. The number of carbonyl (C=O) groups excluding carboxylic acids is 1. The largest absolute Gasteiger partial charge is 0.449 e. The van der Waals surface area contributed by atoms with Crippen LogP contribution in [0.1, 0.15) is 18.4 Å². The van der Waals surface area contributed by atoms with Gasteiger partial charge in [-0.2, -0.15) is 0 Å². The van der Waals surface area contributed by atoms with Crippen LogP contribution in [0.5, 0.6) is 0 Å². The van der Waals surface area contributed by atoms with Crippen LogP contribution in [0.4, 0.5) is 16.2 Å². The summed E-state index contributed by atoms with van der Waals surface area (Å²) in [5.74, 6) is 0. The van der Waals surface area contributed by atoms with Crippen LogP contribution in [0.3, 0.4) is 0 Å². The molecule has 0 bridgehead atoms. The van der Waals surface area contributed by atoms with Crippen LogP contribution in [-0.2, 0) is 4.74 Å². The third-order valence-electron chi connectivity index (χ3n) is 3.11. The number of aryl methyl sites for hydroxylation is 1. The van der Waals surface area contributed by atoms with E-state index in [1.54, 1.807) is 4.90 Å². The summed E-state index contributed by atoms with van der Waals surface area (Å²) in [5.41, 5.74) is 2.74. The van der Waals surface area contributed by atoms with Gasteiger partial charge in [0.15, 0.2) is 0 Å². The van der Waals surface area contributed by atoms with E-state index in [1.807, 2.05) is 61.5 Å². The van der Waals surface area contributed by atoms with E-state index < -0.39 is 0 Å². The predicted octanol–water partition coefficient (Wildman–Crippen LogP) is 4.88. The molecule has 3 nitrogen and oxygen atoms in total. The molecule has 0 spiro atoms. The Morgan fingerprint density at radius 1 is 1.05 bits per heavy atom. The minimum atomic E-state index is -0.362. The number of hydrogen-bond acceptors (Lipinski definition) is 2. The summed E-state index contributed by atoms with van der Waals surface area (Å²) < 4.78 is 5.33. The number of carbonyl (C=O) groups is 1. The normalized spacial score (nSPS) is 10.2. The van der Waals surface area contributed by atoms with Crippen LogP contribution in [0.15, 0.2) is 54.6 Å². The fourth-order valence-corrected chi connectivity index (χ4v) is 1.96. The molecule has 0 aromatic heterocycles. The third kappa shape index (κ3) is 4.09. The van der Waals surface area contributed by atoms with Gasteiger partial charge in [-0.15, -0.1) is 0 Å². The quantitative estimate of drug-likeness (QED) is 0.731. The maximum atomic E-state index is 12.4. The monoisotopic (exact) mass is 282 g/mol. The van der Waals surface area contributed by atoms with Gasteiger partial charge in [-0.1, -0.05) is 49.2 Å². The number of unbranched alkanes of at least 4 members (excludes halogenated alkanes) is 1. The van der Waals surface area contributed by atoms with Gasteiger partial charge in [0.25, 0.3) is 0 Å². The first-order valence-electron chi connectivity index (χ1n) is 7.10. The summed E-state index contributed by atoms with van der Waals surface area (Å²) in [6.07, 6.45) is 1.16. The molecular formula is C18H20NO2. The van der Waals surface area contributed by atoms with E-state index >= 15 is 0 Å². The molecule has 1 amide bonds. The molecule has 0 saturated heterocycles. The van der Waals surface area contributed by atoms with Crippen molar-refractivity contribution in [3.05, 3.63) is 67.1 Å². The van der Waals surface area contributed by atoms with Crippen LogP contribution < -0.4 is 4.90 Å². The fourth-order valence-electron chi connectivity index (χ4n) is 1.96. The second-order valence-electron chi connectivity index (χ2n) is 4.83. The number of amides is 1. The van der Waals surface area contributed by atoms with Crippen LogP contribution in [0.2, 0.25) is 0 Å². The molecule has 0 fully saturated rings. The lowest BCUT2D eigenvalue weighted by Gasteiger charge is -2.22. The topological polar surface area (TPSA) is 29.5 Å². The molecular weight excluding hydrogens is 262 g/mol. The first-order chi connectivity index (χ1) is 10.2. The lowest BCUT2D eigenvalue weighted by atomic mass is 10.2. The van der Waals surface area contributed by atoms with Gasteiger partial charge in [-0.3, -0.25) is 0 Å². The number of benzene rings is 2. The van der Waals surface area contributed by atoms with Crippen molar-refractivity contribution in [1.29, 1.82) is 0 Å².